The lowest BCUT2D eigenvalue weighted by molar-refractivity contribution is -0.150. The van der Waals surface area contributed by atoms with E-state index in [1.807, 2.05) is 6.92 Å². The molecule has 0 atom stereocenters. The summed E-state index contributed by atoms with van der Waals surface area (Å²) in [4.78, 5) is 22.1. The Morgan fingerprint density at radius 2 is 2.00 bits per heavy atom. The minimum Gasteiger partial charge on any atom is -0.466 e. The highest BCUT2D eigenvalue weighted by Crippen LogP contribution is 2.39. The second-order valence-electron chi connectivity index (χ2n) is 3.70. The van der Waals surface area contributed by atoms with Crippen LogP contribution in [0.25, 0.3) is 0 Å². The minimum atomic E-state index is -0.567. The van der Waals surface area contributed by atoms with E-state index < -0.39 is 11.9 Å². The molecule has 0 radical (unpaired) electrons. The van der Waals surface area contributed by atoms with Crippen molar-refractivity contribution in [2.24, 2.45) is 0 Å². The Balaban J connectivity index is 2.33. The number of ether oxygens (including phenoxy) is 2. The van der Waals surface area contributed by atoms with Crippen molar-refractivity contribution in [1.82, 2.24) is 0 Å². The van der Waals surface area contributed by atoms with E-state index in [2.05, 4.69) is 11.3 Å². The second kappa shape index (κ2) is 3.82. The Morgan fingerprint density at radius 3 is 2.43 bits per heavy atom. The Labute approximate surface area is 82.9 Å². The molecule has 0 aromatic heterocycles. The number of methoxy groups -OCH3 is 1. The van der Waals surface area contributed by atoms with Gasteiger partial charge in [-0.2, -0.15) is 0 Å². The summed E-state index contributed by atoms with van der Waals surface area (Å²) in [5, 5.41) is 0. The molecule has 0 saturated heterocycles. The topological polar surface area (TPSA) is 52.6 Å². The molecule has 1 aliphatic carbocycles. The third kappa shape index (κ3) is 2.87. The van der Waals surface area contributed by atoms with Crippen LogP contribution in [0.2, 0.25) is 0 Å². The first-order chi connectivity index (χ1) is 6.47. The van der Waals surface area contributed by atoms with E-state index in [1.165, 1.54) is 7.11 Å². The number of esters is 2. The molecule has 0 heterocycles. The normalized spacial score (nSPS) is 17.0. The van der Waals surface area contributed by atoms with E-state index in [0.29, 0.717) is 0 Å². The maximum Gasteiger partial charge on any atom is 0.333 e. The van der Waals surface area contributed by atoms with Gasteiger partial charge in [0, 0.05) is 5.57 Å². The molecule has 78 valence electrons. The largest absolute Gasteiger partial charge is 0.466 e. The summed E-state index contributed by atoms with van der Waals surface area (Å²) >= 11 is 0. The summed E-state index contributed by atoms with van der Waals surface area (Å²) < 4.78 is 9.52. The smallest absolute Gasteiger partial charge is 0.333 e. The maximum absolute atomic E-state index is 11.2. The van der Waals surface area contributed by atoms with Crippen LogP contribution >= 0.6 is 0 Å². The molecule has 1 saturated carbocycles. The van der Waals surface area contributed by atoms with Crippen molar-refractivity contribution in [2.75, 3.05) is 7.11 Å². The van der Waals surface area contributed by atoms with Gasteiger partial charge in [0.15, 0.2) is 0 Å². The van der Waals surface area contributed by atoms with Crippen molar-refractivity contribution in [3.8, 4) is 0 Å². The molecule has 0 aromatic rings. The van der Waals surface area contributed by atoms with Gasteiger partial charge >= 0.3 is 11.9 Å². The predicted octanol–water partition coefficient (Wildman–Crippen LogP) is 1.20. The van der Waals surface area contributed by atoms with Gasteiger partial charge in [0.1, 0.15) is 5.60 Å². The summed E-state index contributed by atoms with van der Waals surface area (Å²) in [5.74, 6) is -0.983. The van der Waals surface area contributed by atoms with Crippen LogP contribution in [0.3, 0.4) is 0 Å². The molecule has 1 rings (SSSR count). The van der Waals surface area contributed by atoms with Crippen molar-refractivity contribution in [3.63, 3.8) is 0 Å². The summed E-state index contributed by atoms with van der Waals surface area (Å²) in [6.07, 6.45) is 1.69. The van der Waals surface area contributed by atoms with Crippen LogP contribution in [-0.2, 0) is 19.1 Å². The summed E-state index contributed by atoms with van der Waals surface area (Å²) in [7, 11) is 1.25. The Morgan fingerprint density at radius 1 is 1.43 bits per heavy atom. The molecule has 14 heavy (non-hydrogen) atoms. The number of rotatable bonds is 4. The number of hydrogen-bond acceptors (Lipinski definition) is 4. The van der Waals surface area contributed by atoms with Gasteiger partial charge in [-0.3, -0.25) is 4.79 Å². The molecule has 0 spiro atoms. The zero-order chi connectivity index (χ0) is 10.8. The summed E-state index contributed by atoms with van der Waals surface area (Å²) in [5.41, 5.74) is -0.172. The highest BCUT2D eigenvalue weighted by atomic mass is 16.6. The molecule has 0 unspecified atom stereocenters. The fraction of sp³-hybridized carbons (Fsp3) is 0.600. The van der Waals surface area contributed by atoms with Gasteiger partial charge in [-0.05, 0) is 19.8 Å². The lowest BCUT2D eigenvalue weighted by atomic mass is 10.2. The first-order valence-corrected chi connectivity index (χ1v) is 4.45. The van der Waals surface area contributed by atoms with Crippen molar-refractivity contribution in [1.29, 1.82) is 0 Å². The van der Waals surface area contributed by atoms with Gasteiger partial charge in [0.25, 0.3) is 0 Å². The summed E-state index contributed by atoms with van der Waals surface area (Å²) in [6, 6.07) is 0. The van der Waals surface area contributed by atoms with E-state index in [9.17, 15) is 9.59 Å². The second-order valence-corrected chi connectivity index (χ2v) is 3.70. The molecule has 4 heteroatoms. The van der Waals surface area contributed by atoms with Gasteiger partial charge in [-0.15, -0.1) is 0 Å². The SMILES string of the molecule is C=C(CC(=O)OC1(C)CC1)C(=O)OC. The van der Waals surface area contributed by atoms with Crippen LogP contribution in [-0.4, -0.2) is 24.6 Å². The third-order valence-corrected chi connectivity index (χ3v) is 2.15. The first kappa shape index (κ1) is 10.8. The lowest BCUT2D eigenvalue weighted by Gasteiger charge is -2.10. The number of carbonyl (C=O) groups excluding carboxylic acids is 2. The van der Waals surface area contributed by atoms with Gasteiger partial charge in [-0.1, -0.05) is 6.58 Å². The van der Waals surface area contributed by atoms with Gasteiger partial charge in [0.2, 0.25) is 0 Å². The van der Waals surface area contributed by atoms with Crippen molar-refractivity contribution >= 4 is 11.9 Å². The van der Waals surface area contributed by atoms with Crippen LogP contribution in [0.4, 0.5) is 0 Å². The lowest BCUT2D eigenvalue weighted by Crippen LogP contribution is -2.18. The standard InChI is InChI=1S/C10H14O4/c1-7(9(12)13-3)6-8(11)14-10(2)4-5-10/h1,4-6H2,2-3H3. The van der Waals surface area contributed by atoms with Gasteiger partial charge in [0.05, 0.1) is 13.5 Å². The van der Waals surface area contributed by atoms with Gasteiger partial charge in [-0.25, -0.2) is 4.79 Å². The molecule has 0 aliphatic heterocycles. The van der Waals surface area contributed by atoms with Crippen molar-refractivity contribution < 1.29 is 19.1 Å². The molecule has 0 aromatic carbocycles. The van der Waals surface area contributed by atoms with E-state index in [0.717, 1.165) is 12.8 Å². The average Bonchev–Trinajstić information content (AvgIpc) is 2.81. The molecule has 0 N–H and O–H groups in total. The quantitative estimate of drug-likeness (QED) is 0.503. The Kier molecular flexibility index (Phi) is 2.93. The molecule has 1 fully saturated rings. The minimum absolute atomic E-state index is 0.0950. The fourth-order valence-corrected chi connectivity index (χ4v) is 0.980. The van der Waals surface area contributed by atoms with Crippen LogP contribution in [0.5, 0.6) is 0 Å². The van der Waals surface area contributed by atoms with E-state index >= 15 is 0 Å². The van der Waals surface area contributed by atoms with Crippen LogP contribution in [0.15, 0.2) is 12.2 Å². The maximum atomic E-state index is 11.2. The van der Waals surface area contributed by atoms with Crippen LogP contribution in [0, 0.1) is 0 Å². The van der Waals surface area contributed by atoms with E-state index in [4.69, 9.17) is 4.74 Å². The molecule has 0 amide bonds. The number of hydrogen-bond donors (Lipinski definition) is 0. The zero-order valence-electron chi connectivity index (χ0n) is 8.46. The van der Waals surface area contributed by atoms with Crippen LogP contribution < -0.4 is 0 Å². The predicted molar refractivity (Wildman–Crippen MR) is 49.5 cm³/mol. The van der Waals surface area contributed by atoms with Gasteiger partial charge < -0.3 is 9.47 Å². The number of carbonyl (C=O) groups is 2. The Bertz CT molecular complexity index is 276. The van der Waals surface area contributed by atoms with E-state index in [-0.39, 0.29) is 17.6 Å². The highest BCUT2D eigenvalue weighted by molar-refractivity contribution is 5.93. The average molecular weight is 198 g/mol. The monoisotopic (exact) mass is 198 g/mol. The fourth-order valence-electron chi connectivity index (χ4n) is 0.980. The molecular weight excluding hydrogens is 184 g/mol. The molecular formula is C10H14O4. The van der Waals surface area contributed by atoms with Crippen LogP contribution in [0.1, 0.15) is 26.2 Å². The van der Waals surface area contributed by atoms with Crippen molar-refractivity contribution in [2.45, 2.75) is 31.8 Å². The highest BCUT2D eigenvalue weighted by Gasteiger charge is 2.41. The van der Waals surface area contributed by atoms with Crippen molar-refractivity contribution in [3.05, 3.63) is 12.2 Å². The van der Waals surface area contributed by atoms with E-state index in [1.54, 1.807) is 0 Å². The third-order valence-electron chi connectivity index (χ3n) is 2.15. The molecule has 0 bridgehead atoms. The molecule has 4 nitrogen and oxygen atoms in total. The summed E-state index contributed by atoms with van der Waals surface area (Å²) in [6.45, 7) is 5.31. The molecule has 1 aliphatic rings. The Hall–Kier alpha value is -1.32. The first-order valence-electron chi connectivity index (χ1n) is 4.45. The zero-order valence-corrected chi connectivity index (χ0v) is 8.46.